The summed E-state index contributed by atoms with van der Waals surface area (Å²) in [5.74, 6) is 0.604. The first-order valence-corrected chi connectivity index (χ1v) is 7.13. The molecule has 0 aliphatic carbocycles. The molecule has 20 heavy (non-hydrogen) atoms. The summed E-state index contributed by atoms with van der Waals surface area (Å²) in [5.41, 5.74) is 1.06. The van der Waals surface area contributed by atoms with Gasteiger partial charge in [0.2, 0.25) is 5.91 Å². The minimum atomic E-state index is -0.143. The first kappa shape index (κ1) is 14.5. The number of carbonyl (C=O) groups is 1. The molecule has 1 aromatic rings. The molecule has 0 saturated carbocycles. The van der Waals surface area contributed by atoms with Gasteiger partial charge in [0, 0.05) is 6.54 Å². The highest BCUT2D eigenvalue weighted by molar-refractivity contribution is 5.82. The molecule has 1 fully saturated rings. The zero-order valence-electron chi connectivity index (χ0n) is 11.9. The van der Waals surface area contributed by atoms with Crippen LogP contribution in [-0.2, 0) is 11.3 Å². The average molecular weight is 271 g/mol. The molecule has 1 aliphatic heterocycles. The summed E-state index contributed by atoms with van der Waals surface area (Å²) in [5, 5.41) is 12.2. The summed E-state index contributed by atoms with van der Waals surface area (Å²) < 4.78 is 0. The van der Waals surface area contributed by atoms with E-state index in [9.17, 15) is 4.79 Å². The lowest BCUT2D eigenvalue weighted by atomic mass is 9.93. The Labute approximate surface area is 120 Å². The number of hydrogen-bond donors (Lipinski definition) is 1. The molecule has 0 radical (unpaired) electrons. The number of rotatable bonds is 4. The first-order chi connectivity index (χ1) is 9.70. The normalized spacial score (nSPS) is 22.0. The van der Waals surface area contributed by atoms with Crippen LogP contribution in [0.25, 0.3) is 0 Å². The van der Waals surface area contributed by atoms with Crippen LogP contribution in [0.1, 0.15) is 25.3 Å². The van der Waals surface area contributed by atoms with Crippen molar-refractivity contribution in [3.8, 4) is 6.07 Å². The fraction of sp³-hybridized carbons (Fsp3) is 0.500. The molecule has 0 aromatic heterocycles. The van der Waals surface area contributed by atoms with Crippen molar-refractivity contribution >= 4 is 5.91 Å². The molecular weight excluding hydrogens is 250 g/mol. The molecule has 1 aromatic carbocycles. The van der Waals surface area contributed by atoms with Crippen LogP contribution in [0.3, 0.4) is 0 Å². The first-order valence-electron chi connectivity index (χ1n) is 7.13. The number of benzene rings is 1. The van der Waals surface area contributed by atoms with Crippen LogP contribution >= 0.6 is 0 Å². The van der Waals surface area contributed by atoms with Gasteiger partial charge in [-0.3, -0.25) is 4.79 Å². The number of nitriles is 1. The molecule has 1 heterocycles. The van der Waals surface area contributed by atoms with Gasteiger partial charge in [0.05, 0.1) is 12.1 Å². The Bertz CT molecular complexity index is 480. The van der Waals surface area contributed by atoms with Crippen molar-refractivity contribution in [1.29, 1.82) is 5.26 Å². The van der Waals surface area contributed by atoms with Gasteiger partial charge in [-0.15, -0.1) is 0 Å². The van der Waals surface area contributed by atoms with E-state index in [0.717, 1.165) is 24.9 Å². The van der Waals surface area contributed by atoms with Gasteiger partial charge in [0.25, 0.3) is 0 Å². The number of nitrogens with zero attached hydrogens (tertiary/aromatic N) is 2. The third kappa shape index (κ3) is 3.82. The van der Waals surface area contributed by atoms with Crippen molar-refractivity contribution in [3.05, 3.63) is 35.9 Å². The summed E-state index contributed by atoms with van der Waals surface area (Å²) in [6.45, 7) is 3.69. The molecule has 4 heteroatoms. The van der Waals surface area contributed by atoms with Crippen LogP contribution in [0.5, 0.6) is 0 Å². The topological polar surface area (TPSA) is 56.1 Å². The van der Waals surface area contributed by atoms with Gasteiger partial charge >= 0.3 is 0 Å². The lowest BCUT2D eigenvalue weighted by molar-refractivity contribution is -0.134. The molecule has 1 N–H and O–H groups in total. The van der Waals surface area contributed by atoms with E-state index in [1.165, 1.54) is 0 Å². The lowest BCUT2D eigenvalue weighted by Gasteiger charge is -2.31. The molecule has 1 amide bonds. The predicted octanol–water partition coefficient (Wildman–Crippen LogP) is 1.93. The molecule has 2 atom stereocenters. The SMILES string of the molecule is CC1CCNC(C(=O)N(CC#N)Cc2ccccc2)C1. The Morgan fingerprint density at radius 3 is 2.85 bits per heavy atom. The second-order valence-corrected chi connectivity index (χ2v) is 5.47. The summed E-state index contributed by atoms with van der Waals surface area (Å²) in [6.07, 6.45) is 1.97. The fourth-order valence-corrected chi connectivity index (χ4v) is 2.62. The maximum atomic E-state index is 12.6. The van der Waals surface area contributed by atoms with E-state index in [2.05, 4.69) is 18.3 Å². The van der Waals surface area contributed by atoms with Crippen LogP contribution < -0.4 is 5.32 Å². The Morgan fingerprint density at radius 2 is 2.20 bits per heavy atom. The monoisotopic (exact) mass is 271 g/mol. The molecule has 106 valence electrons. The number of carbonyl (C=O) groups excluding carboxylic acids is 1. The minimum Gasteiger partial charge on any atom is -0.324 e. The van der Waals surface area contributed by atoms with E-state index in [4.69, 9.17) is 5.26 Å². The standard InChI is InChI=1S/C16H21N3O/c1-13-7-9-18-15(11-13)16(20)19(10-8-17)12-14-5-3-2-4-6-14/h2-6,13,15,18H,7,9-12H2,1H3. The van der Waals surface area contributed by atoms with Crippen molar-refractivity contribution in [2.45, 2.75) is 32.4 Å². The van der Waals surface area contributed by atoms with Gasteiger partial charge in [-0.25, -0.2) is 0 Å². The van der Waals surface area contributed by atoms with Gasteiger partial charge in [-0.1, -0.05) is 37.3 Å². The van der Waals surface area contributed by atoms with Crippen molar-refractivity contribution in [2.24, 2.45) is 5.92 Å². The molecule has 1 aliphatic rings. The Morgan fingerprint density at radius 1 is 1.45 bits per heavy atom. The largest absolute Gasteiger partial charge is 0.324 e. The maximum Gasteiger partial charge on any atom is 0.240 e. The van der Waals surface area contributed by atoms with E-state index < -0.39 is 0 Å². The van der Waals surface area contributed by atoms with Gasteiger partial charge < -0.3 is 10.2 Å². The Hall–Kier alpha value is -1.86. The summed E-state index contributed by atoms with van der Waals surface area (Å²) in [6, 6.07) is 11.8. The van der Waals surface area contributed by atoms with E-state index in [1.54, 1.807) is 4.90 Å². The van der Waals surface area contributed by atoms with Crippen LogP contribution in [0.4, 0.5) is 0 Å². The summed E-state index contributed by atoms with van der Waals surface area (Å²) in [7, 11) is 0. The zero-order valence-corrected chi connectivity index (χ0v) is 11.9. The highest BCUT2D eigenvalue weighted by Crippen LogP contribution is 2.17. The highest BCUT2D eigenvalue weighted by Gasteiger charge is 2.28. The smallest absolute Gasteiger partial charge is 0.240 e. The van der Waals surface area contributed by atoms with E-state index >= 15 is 0 Å². The highest BCUT2D eigenvalue weighted by atomic mass is 16.2. The molecule has 0 bridgehead atoms. The summed E-state index contributed by atoms with van der Waals surface area (Å²) in [4.78, 5) is 14.2. The van der Waals surface area contributed by atoms with Crippen LogP contribution in [0, 0.1) is 17.2 Å². The van der Waals surface area contributed by atoms with E-state index in [-0.39, 0.29) is 18.5 Å². The number of hydrogen-bond acceptors (Lipinski definition) is 3. The van der Waals surface area contributed by atoms with Gasteiger partial charge in [-0.2, -0.15) is 5.26 Å². The average Bonchev–Trinajstić information content (AvgIpc) is 2.47. The maximum absolute atomic E-state index is 12.6. The van der Waals surface area contributed by atoms with Crippen molar-refractivity contribution in [2.75, 3.05) is 13.1 Å². The fourth-order valence-electron chi connectivity index (χ4n) is 2.62. The number of nitrogens with one attached hydrogen (secondary N) is 1. The van der Waals surface area contributed by atoms with Crippen molar-refractivity contribution in [3.63, 3.8) is 0 Å². The quantitative estimate of drug-likeness (QED) is 0.851. The van der Waals surface area contributed by atoms with Gasteiger partial charge in [0.15, 0.2) is 0 Å². The molecule has 2 rings (SSSR count). The van der Waals surface area contributed by atoms with Gasteiger partial charge in [0.1, 0.15) is 6.54 Å². The second-order valence-electron chi connectivity index (χ2n) is 5.47. The van der Waals surface area contributed by atoms with Crippen molar-refractivity contribution in [1.82, 2.24) is 10.2 Å². The van der Waals surface area contributed by atoms with Crippen LogP contribution in [0.15, 0.2) is 30.3 Å². The zero-order chi connectivity index (χ0) is 14.4. The number of piperidine rings is 1. The van der Waals surface area contributed by atoms with E-state index in [1.807, 2.05) is 30.3 Å². The Kier molecular flexibility index (Phi) is 5.14. The summed E-state index contributed by atoms with van der Waals surface area (Å²) >= 11 is 0. The number of amides is 1. The molecule has 1 saturated heterocycles. The Balaban J connectivity index is 2.04. The van der Waals surface area contributed by atoms with Crippen LogP contribution in [0.2, 0.25) is 0 Å². The van der Waals surface area contributed by atoms with Crippen molar-refractivity contribution < 1.29 is 4.79 Å². The molecule has 0 spiro atoms. The van der Waals surface area contributed by atoms with Crippen LogP contribution in [-0.4, -0.2) is 29.9 Å². The molecule has 2 unspecified atom stereocenters. The lowest BCUT2D eigenvalue weighted by Crippen LogP contribution is -2.49. The third-order valence-electron chi connectivity index (χ3n) is 3.75. The van der Waals surface area contributed by atoms with E-state index in [0.29, 0.717) is 12.5 Å². The molecule has 4 nitrogen and oxygen atoms in total. The molecular formula is C16H21N3O. The van der Waals surface area contributed by atoms with Gasteiger partial charge in [-0.05, 0) is 30.9 Å². The minimum absolute atomic E-state index is 0.0435. The second kappa shape index (κ2) is 7.06. The predicted molar refractivity (Wildman–Crippen MR) is 77.7 cm³/mol. The third-order valence-corrected chi connectivity index (χ3v) is 3.75.